The third-order valence-corrected chi connectivity index (χ3v) is 10.9. The van der Waals surface area contributed by atoms with Crippen LogP contribution < -0.4 is 14.4 Å². The Labute approximate surface area is 357 Å². The molecule has 0 bridgehead atoms. The minimum atomic E-state index is -8.22. The Kier molecular flexibility index (Phi) is 15.0. The number of halogens is 24. The minimum absolute atomic E-state index is 0.00361. The van der Waals surface area contributed by atoms with Gasteiger partial charge in [-0.25, -0.2) is 22.5 Å². The molecule has 3 rings (SSSR count). The summed E-state index contributed by atoms with van der Waals surface area (Å²) in [5.41, 5.74) is -1.12. The molecule has 1 aliphatic heterocycles. The summed E-state index contributed by atoms with van der Waals surface area (Å²) in [6.45, 7) is -4.94. The van der Waals surface area contributed by atoms with Crippen molar-refractivity contribution in [2.75, 3.05) is 18.1 Å². The first-order chi connectivity index (χ1) is 29.8. The standard InChI is InChI=1S/C34H25F24NO7S/c1-3-17(14-4-7-16(8-5-14)67(62,63)64)20-13(2)21(60)59(22(20)61)15-6-9-18(65-11-25(39,40)29(47,48)33(55,56)31(51,52)27(43,44)23(35)36)19(10-15)66-12-26(41,42)30(49,50)34(57,58)32(53,54)28(45,46)24(37)38/h4-10,13,17,20,23-24H,3,11-12H2,1-2H3,(H,62,63,64). The lowest BCUT2D eigenvalue weighted by molar-refractivity contribution is -0.414. The van der Waals surface area contributed by atoms with Gasteiger partial charge in [-0.1, -0.05) is 26.0 Å². The Bertz CT molecular complexity index is 2260. The topological polar surface area (TPSA) is 110 Å². The number of nitrogens with zero attached hydrogens (tertiary/aromatic N) is 1. The lowest BCUT2D eigenvalue weighted by Crippen LogP contribution is -2.69. The lowest BCUT2D eigenvalue weighted by atomic mass is 9.78. The molecule has 2 amide bonds. The van der Waals surface area contributed by atoms with Crippen LogP contribution in [0.5, 0.6) is 11.5 Å². The summed E-state index contributed by atoms with van der Waals surface area (Å²) < 4.78 is 371. The number of rotatable bonds is 21. The second-order valence-corrected chi connectivity index (χ2v) is 15.7. The molecular formula is C34H25F24NO7S. The van der Waals surface area contributed by atoms with E-state index in [9.17, 15) is 128 Å². The van der Waals surface area contributed by atoms with Crippen molar-refractivity contribution < 1.29 is 137 Å². The SMILES string of the molecule is CCC(c1ccc(S(=O)(=O)O)cc1)C1C(=O)N(c2ccc(OCC(F)(F)C(F)(F)C(F)(F)C(F)(F)C(F)(F)C(F)F)c(OCC(F)(F)C(F)(F)C(F)(F)C(F)(F)C(F)(F)C(F)F)c2)C(=O)C1C. The van der Waals surface area contributed by atoms with Crippen molar-refractivity contribution in [2.24, 2.45) is 11.8 Å². The van der Waals surface area contributed by atoms with Crippen LogP contribution in [0.4, 0.5) is 111 Å². The summed E-state index contributed by atoms with van der Waals surface area (Å²) in [6.07, 6.45) is -12.0. The third kappa shape index (κ3) is 9.09. The molecule has 8 nitrogen and oxygen atoms in total. The summed E-state index contributed by atoms with van der Waals surface area (Å²) >= 11 is 0. The lowest BCUT2D eigenvalue weighted by Gasteiger charge is -2.39. The van der Waals surface area contributed by atoms with E-state index in [1.807, 2.05) is 0 Å². The van der Waals surface area contributed by atoms with Gasteiger partial charge in [-0.2, -0.15) is 96.2 Å². The molecule has 0 radical (unpaired) electrons. The van der Waals surface area contributed by atoms with Crippen LogP contribution in [-0.2, 0) is 19.7 Å². The molecule has 3 unspecified atom stereocenters. The van der Waals surface area contributed by atoms with Crippen LogP contribution in [-0.4, -0.2) is 110 Å². The molecule has 1 heterocycles. The second-order valence-electron chi connectivity index (χ2n) is 14.3. The normalized spacial score (nSPS) is 18.6. The first-order valence-corrected chi connectivity index (χ1v) is 18.9. The number of anilines is 1. The Hall–Kier alpha value is -4.59. The maximum Gasteiger partial charge on any atom is 0.384 e. The van der Waals surface area contributed by atoms with Crippen molar-refractivity contribution in [3.05, 3.63) is 48.0 Å². The van der Waals surface area contributed by atoms with Crippen molar-refractivity contribution in [2.45, 2.75) is 103 Å². The van der Waals surface area contributed by atoms with Gasteiger partial charge in [0.05, 0.1) is 16.5 Å². The minimum Gasteiger partial charge on any atom is -0.483 e. The smallest absolute Gasteiger partial charge is 0.384 e. The Morgan fingerprint density at radius 2 is 0.970 bits per heavy atom. The Balaban J connectivity index is 2.18. The summed E-state index contributed by atoms with van der Waals surface area (Å²) in [6, 6.07) is 3.54. The van der Waals surface area contributed by atoms with Gasteiger partial charge in [-0.15, -0.1) is 0 Å². The van der Waals surface area contributed by atoms with Gasteiger partial charge in [0.1, 0.15) is 0 Å². The predicted molar refractivity (Wildman–Crippen MR) is 173 cm³/mol. The van der Waals surface area contributed by atoms with E-state index in [1.54, 1.807) is 0 Å². The molecule has 0 spiro atoms. The van der Waals surface area contributed by atoms with Crippen molar-refractivity contribution in [3.63, 3.8) is 0 Å². The highest BCUT2D eigenvalue weighted by Crippen LogP contribution is 2.60. The van der Waals surface area contributed by atoms with Gasteiger partial charge in [-0.05, 0) is 42.2 Å². The molecule has 382 valence electrons. The van der Waals surface area contributed by atoms with E-state index in [-0.39, 0.29) is 35.1 Å². The Morgan fingerprint density at radius 1 is 0.582 bits per heavy atom. The molecule has 0 saturated carbocycles. The average Bonchev–Trinajstić information content (AvgIpc) is 3.41. The van der Waals surface area contributed by atoms with Crippen LogP contribution in [0.15, 0.2) is 47.4 Å². The zero-order valence-corrected chi connectivity index (χ0v) is 33.2. The molecule has 67 heavy (non-hydrogen) atoms. The second kappa shape index (κ2) is 17.7. The highest BCUT2D eigenvalue weighted by Gasteiger charge is 2.89. The van der Waals surface area contributed by atoms with Crippen LogP contribution in [0.1, 0.15) is 31.7 Å². The highest BCUT2D eigenvalue weighted by atomic mass is 32.2. The maximum absolute atomic E-state index is 14.8. The first-order valence-electron chi connectivity index (χ1n) is 17.5. The largest absolute Gasteiger partial charge is 0.483 e. The summed E-state index contributed by atoms with van der Waals surface area (Å²) in [5, 5.41) is 0. The van der Waals surface area contributed by atoms with Crippen molar-refractivity contribution in [3.8, 4) is 11.5 Å². The van der Waals surface area contributed by atoms with Crippen LogP contribution in [0.25, 0.3) is 0 Å². The van der Waals surface area contributed by atoms with Gasteiger partial charge < -0.3 is 9.47 Å². The Morgan fingerprint density at radius 3 is 1.33 bits per heavy atom. The van der Waals surface area contributed by atoms with Gasteiger partial charge in [0, 0.05) is 12.0 Å². The van der Waals surface area contributed by atoms with Crippen LogP contribution in [0.2, 0.25) is 0 Å². The third-order valence-electron chi connectivity index (χ3n) is 10.0. The van der Waals surface area contributed by atoms with E-state index in [4.69, 9.17) is 0 Å². The van der Waals surface area contributed by atoms with E-state index in [1.165, 1.54) is 6.92 Å². The van der Waals surface area contributed by atoms with Gasteiger partial charge in [0.2, 0.25) is 11.8 Å². The summed E-state index contributed by atoms with van der Waals surface area (Å²) in [4.78, 5) is 26.5. The maximum atomic E-state index is 14.8. The number of ether oxygens (including phenoxy) is 2. The number of amides is 2. The molecule has 33 heteroatoms. The van der Waals surface area contributed by atoms with Crippen LogP contribution >= 0.6 is 0 Å². The zero-order chi connectivity index (χ0) is 52.5. The van der Waals surface area contributed by atoms with Gasteiger partial charge >= 0.3 is 72.1 Å². The van der Waals surface area contributed by atoms with E-state index in [2.05, 4.69) is 9.47 Å². The molecule has 0 aliphatic carbocycles. The van der Waals surface area contributed by atoms with E-state index in [0.717, 1.165) is 31.2 Å². The number of carbonyl (C=O) groups is 2. The van der Waals surface area contributed by atoms with E-state index in [0.29, 0.717) is 0 Å². The molecule has 3 atom stereocenters. The molecule has 1 N–H and O–H groups in total. The molecule has 1 saturated heterocycles. The fourth-order valence-corrected chi connectivity index (χ4v) is 6.60. The quantitative estimate of drug-likeness (QED) is 0.0753. The number of hydrogen-bond acceptors (Lipinski definition) is 6. The molecule has 2 aromatic carbocycles. The van der Waals surface area contributed by atoms with Gasteiger partial charge in [-0.3, -0.25) is 14.1 Å². The molecule has 1 aliphatic rings. The number of carbonyl (C=O) groups excluding carboxylic acids is 2. The first kappa shape index (κ1) is 56.7. The molecular weight excluding hydrogens is 1020 g/mol. The predicted octanol–water partition coefficient (Wildman–Crippen LogP) is 10.9. The van der Waals surface area contributed by atoms with Gasteiger partial charge in [0.15, 0.2) is 24.7 Å². The van der Waals surface area contributed by atoms with Crippen LogP contribution in [0.3, 0.4) is 0 Å². The van der Waals surface area contributed by atoms with Crippen LogP contribution in [0, 0.1) is 11.8 Å². The van der Waals surface area contributed by atoms with Gasteiger partial charge in [0.25, 0.3) is 10.1 Å². The van der Waals surface area contributed by atoms with E-state index >= 15 is 0 Å². The number of imide groups is 1. The zero-order valence-electron chi connectivity index (χ0n) is 32.4. The summed E-state index contributed by atoms with van der Waals surface area (Å²) in [5.74, 6) is -88.9. The van der Waals surface area contributed by atoms with Crippen molar-refractivity contribution >= 4 is 27.6 Å². The van der Waals surface area contributed by atoms with Crippen molar-refractivity contribution in [1.82, 2.24) is 0 Å². The summed E-state index contributed by atoms with van der Waals surface area (Å²) in [7, 11) is -4.80. The number of alkyl halides is 24. The molecule has 0 aromatic heterocycles. The number of hydrogen-bond donors (Lipinski definition) is 1. The van der Waals surface area contributed by atoms with E-state index < -0.39 is 147 Å². The van der Waals surface area contributed by atoms with Crippen molar-refractivity contribution in [1.29, 1.82) is 0 Å². The number of benzene rings is 2. The monoisotopic (exact) mass is 1050 g/mol. The average molecular weight is 1050 g/mol. The fraction of sp³-hybridized carbons (Fsp3) is 0.588. The molecule has 1 fully saturated rings. The fourth-order valence-electron chi connectivity index (χ4n) is 6.12. The molecule has 2 aromatic rings. The highest BCUT2D eigenvalue weighted by molar-refractivity contribution is 7.85.